The van der Waals surface area contributed by atoms with E-state index in [0.717, 1.165) is 21.7 Å². The van der Waals surface area contributed by atoms with E-state index in [1.807, 2.05) is 30.3 Å². The smallest absolute Gasteiger partial charge is 0.153 e. The van der Waals surface area contributed by atoms with Crippen molar-refractivity contribution in [1.82, 2.24) is 4.98 Å². The molecule has 0 N–H and O–H groups in total. The summed E-state index contributed by atoms with van der Waals surface area (Å²) in [7, 11) is 0. The van der Waals surface area contributed by atoms with Gasteiger partial charge in [0.1, 0.15) is 11.3 Å². The summed E-state index contributed by atoms with van der Waals surface area (Å²) in [6.45, 7) is 0. The molecule has 0 saturated carbocycles. The van der Waals surface area contributed by atoms with Crippen molar-refractivity contribution in [3.8, 4) is 11.5 Å². The van der Waals surface area contributed by atoms with E-state index in [1.165, 1.54) is 0 Å². The van der Waals surface area contributed by atoms with Gasteiger partial charge in [0.15, 0.2) is 12.0 Å². The Hall–Kier alpha value is -2.20. The largest absolute Gasteiger partial charge is 0.454 e. The van der Waals surface area contributed by atoms with Crippen molar-refractivity contribution in [3.05, 3.63) is 64.8 Å². The number of aldehydes is 1. The van der Waals surface area contributed by atoms with Crippen LogP contribution < -0.4 is 4.74 Å². The van der Waals surface area contributed by atoms with Crippen LogP contribution in [0.4, 0.5) is 0 Å². The van der Waals surface area contributed by atoms with Gasteiger partial charge in [0.2, 0.25) is 0 Å². The van der Waals surface area contributed by atoms with Gasteiger partial charge in [0.05, 0.1) is 5.56 Å². The van der Waals surface area contributed by atoms with Crippen molar-refractivity contribution < 1.29 is 9.53 Å². The van der Waals surface area contributed by atoms with Gasteiger partial charge in [0.25, 0.3) is 0 Å². The lowest BCUT2D eigenvalue weighted by atomic mass is 10.2. The molecule has 3 rings (SSSR count). The predicted octanol–water partition coefficient (Wildman–Crippen LogP) is 4.60. The van der Waals surface area contributed by atoms with Crippen LogP contribution in [0.1, 0.15) is 10.4 Å². The lowest BCUT2D eigenvalue weighted by Crippen LogP contribution is -1.92. The third-order valence-corrected chi connectivity index (χ3v) is 3.41. The molecule has 0 spiro atoms. The zero-order valence-electron chi connectivity index (χ0n) is 10.4. The number of hydrogen-bond acceptors (Lipinski definition) is 3. The molecule has 1 aromatic heterocycles. The lowest BCUT2D eigenvalue weighted by Gasteiger charge is -2.10. The van der Waals surface area contributed by atoms with Crippen LogP contribution in [-0.4, -0.2) is 11.3 Å². The van der Waals surface area contributed by atoms with Crippen LogP contribution in [0, 0.1) is 0 Å². The minimum atomic E-state index is 0.501. The number of nitrogens with zero attached hydrogens (tertiary/aromatic N) is 1. The maximum absolute atomic E-state index is 11.1. The highest BCUT2D eigenvalue weighted by atomic mass is 79.9. The first kappa shape index (κ1) is 12.8. The van der Waals surface area contributed by atoms with Gasteiger partial charge in [-0.1, -0.05) is 34.1 Å². The number of carbonyl (C=O) groups excluding carboxylic acids is 1. The normalized spacial score (nSPS) is 10.4. The summed E-state index contributed by atoms with van der Waals surface area (Å²) in [5.74, 6) is 1.14. The summed E-state index contributed by atoms with van der Waals surface area (Å²) in [5.41, 5.74) is 1.27. The van der Waals surface area contributed by atoms with Gasteiger partial charge in [-0.25, -0.2) is 0 Å². The Morgan fingerprint density at radius 2 is 1.90 bits per heavy atom. The third-order valence-electron chi connectivity index (χ3n) is 2.92. The van der Waals surface area contributed by atoms with Gasteiger partial charge < -0.3 is 4.74 Å². The Morgan fingerprint density at radius 1 is 1.05 bits per heavy atom. The standard InChI is InChI=1S/C16H10BrNO2/c17-13-7-6-12(10-19)15(9-13)20-14-5-1-3-11-4-2-8-18-16(11)14/h1-10H. The summed E-state index contributed by atoms with van der Waals surface area (Å²) in [5, 5.41) is 0.993. The highest BCUT2D eigenvalue weighted by molar-refractivity contribution is 9.10. The minimum absolute atomic E-state index is 0.501. The van der Waals surface area contributed by atoms with Gasteiger partial charge in [-0.15, -0.1) is 0 Å². The van der Waals surface area contributed by atoms with Crippen LogP contribution in [0.2, 0.25) is 0 Å². The number of fused-ring (bicyclic) bond motifs is 1. The van der Waals surface area contributed by atoms with E-state index < -0.39 is 0 Å². The first-order chi connectivity index (χ1) is 9.78. The molecule has 0 aliphatic carbocycles. The fourth-order valence-corrected chi connectivity index (χ4v) is 2.31. The van der Waals surface area contributed by atoms with E-state index in [0.29, 0.717) is 17.1 Å². The van der Waals surface area contributed by atoms with E-state index in [2.05, 4.69) is 20.9 Å². The molecule has 0 saturated heterocycles. The molecular weight excluding hydrogens is 318 g/mol. The molecule has 0 atom stereocenters. The highest BCUT2D eigenvalue weighted by Gasteiger charge is 2.08. The van der Waals surface area contributed by atoms with Gasteiger partial charge in [-0.3, -0.25) is 9.78 Å². The van der Waals surface area contributed by atoms with Crippen LogP contribution in [0.15, 0.2) is 59.2 Å². The maximum atomic E-state index is 11.1. The van der Waals surface area contributed by atoms with Crippen LogP contribution in [0.25, 0.3) is 10.9 Å². The molecule has 1 heterocycles. The van der Waals surface area contributed by atoms with Gasteiger partial charge in [0, 0.05) is 16.1 Å². The van der Waals surface area contributed by atoms with E-state index in [4.69, 9.17) is 4.74 Å². The molecule has 0 radical (unpaired) electrons. The Balaban J connectivity index is 2.10. The van der Waals surface area contributed by atoms with Crippen LogP contribution in [0.5, 0.6) is 11.5 Å². The Kier molecular flexibility index (Phi) is 3.48. The Labute approximate surface area is 124 Å². The molecule has 2 aromatic carbocycles. The number of hydrogen-bond donors (Lipinski definition) is 0. The van der Waals surface area contributed by atoms with Gasteiger partial charge in [-0.05, 0) is 30.3 Å². The summed E-state index contributed by atoms with van der Waals surface area (Å²) in [6.07, 6.45) is 2.50. The lowest BCUT2D eigenvalue weighted by molar-refractivity contribution is 0.112. The molecule has 0 amide bonds. The van der Waals surface area contributed by atoms with E-state index in [-0.39, 0.29) is 0 Å². The van der Waals surface area contributed by atoms with Crippen molar-refractivity contribution in [2.75, 3.05) is 0 Å². The summed E-state index contributed by atoms with van der Waals surface area (Å²) in [6, 6.07) is 14.8. The van der Waals surface area contributed by atoms with Crippen LogP contribution in [0.3, 0.4) is 0 Å². The predicted molar refractivity (Wildman–Crippen MR) is 81.3 cm³/mol. The van der Waals surface area contributed by atoms with Gasteiger partial charge >= 0.3 is 0 Å². The Morgan fingerprint density at radius 3 is 2.75 bits per heavy atom. The fourth-order valence-electron chi connectivity index (χ4n) is 1.97. The number of aromatic nitrogens is 1. The molecular formula is C16H10BrNO2. The minimum Gasteiger partial charge on any atom is -0.454 e. The van der Waals surface area contributed by atoms with E-state index in [1.54, 1.807) is 24.4 Å². The summed E-state index contributed by atoms with van der Waals surface area (Å²) in [4.78, 5) is 15.4. The fraction of sp³-hybridized carbons (Fsp3) is 0. The van der Waals surface area contributed by atoms with Crippen molar-refractivity contribution in [1.29, 1.82) is 0 Å². The maximum Gasteiger partial charge on any atom is 0.153 e. The number of pyridine rings is 1. The average Bonchev–Trinajstić information content (AvgIpc) is 2.48. The van der Waals surface area contributed by atoms with Crippen molar-refractivity contribution in [2.24, 2.45) is 0 Å². The molecule has 4 heteroatoms. The monoisotopic (exact) mass is 327 g/mol. The average molecular weight is 328 g/mol. The molecule has 0 aliphatic heterocycles. The number of halogens is 1. The molecule has 0 fully saturated rings. The van der Waals surface area contributed by atoms with Crippen molar-refractivity contribution in [3.63, 3.8) is 0 Å². The van der Waals surface area contributed by atoms with Gasteiger partial charge in [-0.2, -0.15) is 0 Å². The third kappa shape index (κ3) is 2.42. The number of carbonyl (C=O) groups is 1. The van der Waals surface area contributed by atoms with Crippen LogP contribution in [-0.2, 0) is 0 Å². The molecule has 0 bridgehead atoms. The number of benzene rings is 2. The molecule has 3 nitrogen and oxygen atoms in total. The number of para-hydroxylation sites is 1. The number of ether oxygens (including phenoxy) is 1. The zero-order chi connectivity index (χ0) is 13.9. The molecule has 3 aromatic rings. The zero-order valence-corrected chi connectivity index (χ0v) is 12.0. The highest BCUT2D eigenvalue weighted by Crippen LogP contribution is 2.31. The van der Waals surface area contributed by atoms with E-state index in [9.17, 15) is 4.79 Å². The second-order valence-electron chi connectivity index (χ2n) is 4.23. The van der Waals surface area contributed by atoms with Crippen molar-refractivity contribution >= 4 is 33.1 Å². The first-order valence-electron chi connectivity index (χ1n) is 6.04. The van der Waals surface area contributed by atoms with Crippen LogP contribution >= 0.6 is 15.9 Å². The summed E-state index contributed by atoms with van der Waals surface area (Å²) >= 11 is 3.38. The molecule has 98 valence electrons. The topological polar surface area (TPSA) is 39.2 Å². The second kappa shape index (κ2) is 5.43. The second-order valence-corrected chi connectivity index (χ2v) is 5.15. The summed E-state index contributed by atoms with van der Waals surface area (Å²) < 4.78 is 6.72. The molecule has 20 heavy (non-hydrogen) atoms. The SMILES string of the molecule is O=Cc1ccc(Br)cc1Oc1cccc2cccnc12. The first-order valence-corrected chi connectivity index (χ1v) is 6.83. The number of rotatable bonds is 3. The van der Waals surface area contributed by atoms with Crippen molar-refractivity contribution in [2.45, 2.75) is 0 Å². The Bertz CT molecular complexity index is 781. The molecule has 0 unspecified atom stereocenters. The molecule has 0 aliphatic rings. The quantitative estimate of drug-likeness (QED) is 0.660. The van der Waals surface area contributed by atoms with E-state index >= 15 is 0 Å².